The first-order valence-corrected chi connectivity index (χ1v) is 9.48. The molecule has 2 aromatic rings. The van der Waals surface area contributed by atoms with Crippen LogP contribution < -0.4 is 10.0 Å². The molecule has 0 aliphatic heterocycles. The maximum Gasteiger partial charge on any atom is 0.261 e. The van der Waals surface area contributed by atoms with Crippen LogP contribution in [0.4, 0.5) is 11.4 Å². The Bertz CT molecular complexity index is 879. The van der Waals surface area contributed by atoms with Gasteiger partial charge in [-0.2, -0.15) is 0 Å². The SMILES string of the molecule is O=C(Nc1ccc(NS(=O)(=O)c2ccc(Cl)c(Cl)c2)cc1)C1CC1. The minimum absolute atomic E-state index is 0.000799. The first-order chi connectivity index (χ1) is 11.3. The third-order valence-electron chi connectivity index (χ3n) is 3.55. The maximum atomic E-state index is 12.3. The fraction of sp³-hybridized carbons (Fsp3) is 0.188. The van der Waals surface area contributed by atoms with Gasteiger partial charge in [0, 0.05) is 17.3 Å². The highest BCUT2D eigenvalue weighted by Gasteiger charge is 2.29. The molecule has 1 amide bonds. The van der Waals surface area contributed by atoms with Gasteiger partial charge in [-0.25, -0.2) is 8.42 Å². The zero-order chi connectivity index (χ0) is 17.3. The van der Waals surface area contributed by atoms with E-state index >= 15 is 0 Å². The van der Waals surface area contributed by atoms with Crippen LogP contribution in [-0.2, 0) is 14.8 Å². The number of carbonyl (C=O) groups is 1. The molecule has 0 aromatic heterocycles. The quantitative estimate of drug-likeness (QED) is 0.812. The number of anilines is 2. The van der Waals surface area contributed by atoms with Crippen LogP contribution in [0.2, 0.25) is 10.0 Å². The molecule has 0 atom stereocenters. The Kier molecular flexibility index (Phi) is 4.71. The second-order valence-electron chi connectivity index (χ2n) is 5.52. The molecule has 126 valence electrons. The van der Waals surface area contributed by atoms with Gasteiger partial charge in [-0.1, -0.05) is 23.2 Å². The number of nitrogens with one attached hydrogen (secondary N) is 2. The molecule has 2 N–H and O–H groups in total. The number of sulfonamides is 1. The number of carbonyl (C=O) groups excluding carboxylic acids is 1. The molecule has 8 heteroatoms. The largest absolute Gasteiger partial charge is 0.326 e. The van der Waals surface area contributed by atoms with Crippen molar-refractivity contribution in [3.63, 3.8) is 0 Å². The molecule has 5 nitrogen and oxygen atoms in total. The van der Waals surface area contributed by atoms with Crippen molar-refractivity contribution < 1.29 is 13.2 Å². The molecule has 2 aromatic carbocycles. The third kappa shape index (κ3) is 4.01. The predicted molar refractivity (Wildman–Crippen MR) is 95.1 cm³/mol. The van der Waals surface area contributed by atoms with Crippen LogP contribution >= 0.6 is 23.2 Å². The van der Waals surface area contributed by atoms with E-state index in [0.717, 1.165) is 12.8 Å². The highest BCUT2D eigenvalue weighted by atomic mass is 35.5. The summed E-state index contributed by atoms with van der Waals surface area (Å²) in [7, 11) is -3.77. The second-order valence-corrected chi connectivity index (χ2v) is 8.02. The first kappa shape index (κ1) is 17.1. The van der Waals surface area contributed by atoms with E-state index in [4.69, 9.17) is 23.2 Å². The van der Waals surface area contributed by atoms with Gasteiger partial charge in [-0.3, -0.25) is 9.52 Å². The van der Waals surface area contributed by atoms with E-state index in [1.54, 1.807) is 24.3 Å². The van der Waals surface area contributed by atoms with Gasteiger partial charge in [0.1, 0.15) is 0 Å². The fourth-order valence-electron chi connectivity index (χ4n) is 2.07. The van der Waals surface area contributed by atoms with E-state index in [2.05, 4.69) is 10.0 Å². The van der Waals surface area contributed by atoms with Gasteiger partial charge in [-0.05, 0) is 55.3 Å². The third-order valence-corrected chi connectivity index (χ3v) is 5.67. The van der Waals surface area contributed by atoms with Crippen LogP contribution in [0.15, 0.2) is 47.4 Å². The van der Waals surface area contributed by atoms with Crippen LogP contribution in [-0.4, -0.2) is 14.3 Å². The summed E-state index contributed by atoms with van der Waals surface area (Å²) in [5, 5.41) is 3.24. The number of benzene rings is 2. The minimum Gasteiger partial charge on any atom is -0.326 e. The number of rotatable bonds is 5. The van der Waals surface area contributed by atoms with Crippen molar-refractivity contribution in [1.29, 1.82) is 0 Å². The number of halogens is 2. The standard InChI is InChI=1S/C16H14Cl2N2O3S/c17-14-8-7-13(9-15(14)18)24(22,23)20-12-5-3-11(4-6-12)19-16(21)10-1-2-10/h3-10,20H,1-2H2,(H,19,21). The Balaban J connectivity index is 1.72. The van der Waals surface area contributed by atoms with Crippen molar-refractivity contribution in [2.45, 2.75) is 17.7 Å². The Hall–Kier alpha value is -1.76. The summed E-state index contributed by atoms with van der Waals surface area (Å²) < 4.78 is 27.1. The normalized spacial score (nSPS) is 14.2. The summed E-state index contributed by atoms with van der Waals surface area (Å²) in [5.41, 5.74) is 1.01. The highest BCUT2D eigenvalue weighted by molar-refractivity contribution is 7.92. The Morgan fingerprint density at radius 2 is 1.58 bits per heavy atom. The Morgan fingerprint density at radius 1 is 0.958 bits per heavy atom. The van der Waals surface area contributed by atoms with E-state index in [9.17, 15) is 13.2 Å². The molecule has 1 aliphatic carbocycles. The summed E-state index contributed by atoms with van der Waals surface area (Å²) in [6.07, 6.45) is 1.85. The highest BCUT2D eigenvalue weighted by Crippen LogP contribution is 2.30. The van der Waals surface area contributed by atoms with E-state index in [1.165, 1.54) is 18.2 Å². The molecular formula is C16H14Cl2N2O3S. The van der Waals surface area contributed by atoms with Gasteiger partial charge >= 0.3 is 0 Å². The zero-order valence-electron chi connectivity index (χ0n) is 12.4. The smallest absolute Gasteiger partial charge is 0.261 e. The van der Waals surface area contributed by atoms with Crippen molar-refractivity contribution >= 4 is 50.5 Å². The summed E-state index contributed by atoms with van der Waals surface area (Å²) in [6.45, 7) is 0. The zero-order valence-corrected chi connectivity index (χ0v) is 14.8. The molecule has 0 bridgehead atoms. The van der Waals surface area contributed by atoms with Gasteiger partial charge in [0.25, 0.3) is 10.0 Å². The second kappa shape index (κ2) is 6.63. The number of hydrogen-bond acceptors (Lipinski definition) is 3. The van der Waals surface area contributed by atoms with Gasteiger partial charge in [0.15, 0.2) is 0 Å². The van der Waals surface area contributed by atoms with E-state index < -0.39 is 10.0 Å². The van der Waals surface area contributed by atoms with Crippen LogP contribution in [0.5, 0.6) is 0 Å². The van der Waals surface area contributed by atoms with Crippen LogP contribution in [0.25, 0.3) is 0 Å². The molecule has 24 heavy (non-hydrogen) atoms. The lowest BCUT2D eigenvalue weighted by molar-refractivity contribution is -0.117. The average molecular weight is 385 g/mol. The topological polar surface area (TPSA) is 75.3 Å². The maximum absolute atomic E-state index is 12.3. The van der Waals surface area contributed by atoms with Crippen LogP contribution in [0.3, 0.4) is 0 Å². The lowest BCUT2D eigenvalue weighted by Crippen LogP contribution is -2.14. The Labute approximate surface area is 150 Å². The van der Waals surface area contributed by atoms with Gasteiger partial charge < -0.3 is 5.32 Å². The molecule has 0 heterocycles. The van der Waals surface area contributed by atoms with Crippen LogP contribution in [0, 0.1) is 5.92 Å². The first-order valence-electron chi connectivity index (χ1n) is 7.24. The monoisotopic (exact) mass is 384 g/mol. The summed E-state index contributed by atoms with van der Waals surface area (Å²) in [4.78, 5) is 11.7. The summed E-state index contributed by atoms with van der Waals surface area (Å²) >= 11 is 11.7. The van der Waals surface area contributed by atoms with E-state index in [0.29, 0.717) is 11.4 Å². The Morgan fingerprint density at radius 3 is 2.17 bits per heavy atom. The molecule has 0 radical (unpaired) electrons. The van der Waals surface area contributed by atoms with Crippen molar-refractivity contribution in [3.8, 4) is 0 Å². The summed E-state index contributed by atoms with van der Waals surface area (Å²) in [5.74, 6) is 0.108. The molecule has 0 saturated heterocycles. The molecule has 0 spiro atoms. The molecule has 0 unspecified atom stereocenters. The minimum atomic E-state index is -3.77. The summed E-state index contributed by atoms with van der Waals surface area (Å²) in [6, 6.07) is 10.5. The van der Waals surface area contributed by atoms with Crippen LogP contribution in [0.1, 0.15) is 12.8 Å². The lowest BCUT2D eigenvalue weighted by Gasteiger charge is -2.10. The molecule has 3 rings (SSSR count). The van der Waals surface area contributed by atoms with E-state index in [-0.39, 0.29) is 26.8 Å². The molecule has 1 fully saturated rings. The average Bonchev–Trinajstić information content (AvgIpc) is 3.36. The molecule has 1 aliphatic rings. The van der Waals surface area contributed by atoms with Crippen molar-refractivity contribution in [2.75, 3.05) is 10.0 Å². The van der Waals surface area contributed by atoms with Crippen molar-refractivity contribution in [3.05, 3.63) is 52.5 Å². The van der Waals surface area contributed by atoms with Gasteiger partial charge in [0.05, 0.1) is 14.9 Å². The van der Waals surface area contributed by atoms with Gasteiger partial charge in [0.2, 0.25) is 5.91 Å². The van der Waals surface area contributed by atoms with E-state index in [1.807, 2.05) is 0 Å². The lowest BCUT2D eigenvalue weighted by atomic mass is 10.2. The molecular weight excluding hydrogens is 371 g/mol. The van der Waals surface area contributed by atoms with Gasteiger partial charge in [-0.15, -0.1) is 0 Å². The van der Waals surface area contributed by atoms with Crippen molar-refractivity contribution in [1.82, 2.24) is 0 Å². The number of hydrogen-bond donors (Lipinski definition) is 2. The fourth-order valence-corrected chi connectivity index (χ4v) is 3.52. The predicted octanol–water partition coefficient (Wildman–Crippen LogP) is 4.14. The number of amides is 1. The van der Waals surface area contributed by atoms with Crippen molar-refractivity contribution in [2.24, 2.45) is 5.92 Å². The molecule has 1 saturated carbocycles.